The zero-order valence-electron chi connectivity index (χ0n) is 10.3. The zero-order valence-corrected chi connectivity index (χ0v) is 12.7. The second kappa shape index (κ2) is 5.47. The minimum atomic E-state index is -3.90. The van der Waals surface area contributed by atoms with Crippen molar-refractivity contribution in [3.05, 3.63) is 28.5 Å². The van der Waals surface area contributed by atoms with Gasteiger partial charge in [-0.05, 0) is 31.0 Å². The van der Waals surface area contributed by atoms with Crippen LogP contribution in [0, 0.1) is 5.82 Å². The SMILES string of the molecule is NCC1(NS(=O)(=O)c2cc(Br)ccc2F)CCCC1. The van der Waals surface area contributed by atoms with E-state index in [-0.39, 0.29) is 11.4 Å². The van der Waals surface area contributed by atoms with Crippen LogP contribution in [-0.2, 0) is 10.0 Å². The van der Waals surface area contributed by atoms with E-state index in [2.05, 4.69) is 20.7 Å². The summed E-state index contributed by atoms with van der Waals surface area (Å²) < 4.78 is 41.4. The van der Waals surface area contributed by atoms with E-state index in [4.69, 9.17) is 5.73 Å². The highest BCUT2D eigenvalue weighted by Crippen LogP contribution is 2.31. The molecule has 2 rings (SSSR count). The Morgan fingerprint density at radius 1 is 1.37 bits per heavy atom. The molecule has 1 aromatic rings. The molecule has 0 spiro atoms. The van der Waals surface area contributed by atoms with Gasteiger partial charge in [0.05, 0.1) is 0 Å². The van der Waals surface area contributed by atoms with Crippen LogP contribution in [0.1, 0.15) is 25.7 Å². The van der Waals surface area contributed by atoms with E-state index in [1.807, 2.05) is 0 Å². The van der Waals surface area contributed by atoms with Crippen LogP contribution in [0.5, 0.6) is 0 Å². The third-order valence-electron chi connectivity index (χ3n) is 3.49. The topological polar surface area (TPSA) is 72.2 Å². The molecule has 0 saturated heterocycles. The fourth-order valence-electron chi connectivity index (χ4n) is 2.42. The third-order valence-corrected chi connectivity index (χ3v) is 5.57. The maximum atomic E-state index is 13.7. The van der Waals surface area contributed by atoms with Crippen LogP contribution in [0.15, 0.2) is 27.6 Å². The largest absolute Gasteiger partial charge is 0.329 e. The maximum Gasteiger partial charge on any atom is 0.244 e. The molecule has 0 aromatic heterocycles. The second-order valence-corrected chi connectivity index (χ2v) is 7.44. The van der Waals surface area contributed by atoms with E-state index in [0.29, 0.717) is 17.3 Å². The van der Waals surface area contributed by atoms with E-state index in [1.54, 1.807) is 0 Å². The first kappa shape index (κ1) is 14.9. The summed E-state index contributed by atoms with van der Waals surface area (Å²) in [6.45, 7) is 0.224. The number of halogens is 2. The minimum absolute atomic E-state index is 0.224. The number of rotatable bonds is 4. The average molecular weight is 351 g/mol. The van der Waals surface area contributed by atoms with Gasteiger partial charge in [-0.3, -0.25) is 0 Å². The van der Waals surface area contributed by atoms with E-state index >= 15 is 0 Å². The zero-order chi connectivity index (χ0) is 14.1. The maximum absolute atomic E-state index is 13.7. The average Bonchev–Trinajstić information content (AvgIpc) is 2.80. The van der Waals surface area contributed by atoms with Crippen molar-refractivity contribution in [1.82, 2.24) is 4.72 Å². The lowest BCUT2D eigenvalue weighted by Crippen LogP contribution is -2.51. The molecule has 0 aliphatic heterocycles. The second-order valence-electron chi connectivity index (χ2n) is 4.87. The first-order valence-corrected chi connectivity index (χ1v) is 8.35. The third kappa shape index (κ3) is 3.16. The molecule has 7 heteroatoms. The molecule has 0 amide bonds. The van der Waals surface area contributed by atoms with Gasteiger partial charge in [0.15, 0.2) is 0 Å². The standard InChI is InChI=1S/C12H16BrFN2O2S/c13-9-3-4-10(14)11(7-9)19(17,18)16-12(8-15)5-1-2-6-12/h3-4,7,16H,1-2,5-6,8,15H2. The van der Waals surface area contributed by atoms with Gasteiger partial charge in [-0.15, -0.1) is 0 Å². The summed E-state index contributed by atoms with van der Waals surface area (Å²) >= 11 is 3.15. The Morgan fingerprint density at radius 2 is 2.00 bits per heavy atom. The number of hydrogen-bond acceptors (Lipinski definition) is 3. The summed E-state index contributed by atoms with van der Waals surface area (Å²) in [5, 5.41) is 0. The quantitative estimate of drug-likeness (QED) is 0.873. The molecule has 19 heavy (non-hydrogen) atoms. The normalized spacial score (nSPS) is 18.7. The van der Waals surface area contributed by atoms with Gasteiger partial charge in [-0.1, -0.05) is 28.8 Å². The van der Waals surface area contributed by atoms with Gasteiger partial charge in [0, 0.05) is 16.6 Å². The fourth-order valence-corrected chi connectivity index (χ4v) is 4.51. The van der Waals surface area contributed by atoms with Crippen molar-refractivity contribution in [2.75, 3.05) is 6.54 Å². The molecule has 1 fully saturated rings. The number of nitrogens with two attached hydrogens (primary N) is 1. The Labute approximate surface area is 120 Å². The Hall–Kier alpha value is -0.500. The van der Waals surface area contributed by atoms with Crippen molar-refractivity contribution in [3.63, 3.8) is 0 Å². The predicted molar refractivity (Wildman–Crippen MR) is 74.7 cm³/mol. The van der Waals surface area contributed by atoms with Crippen molar-refractivity contribution in [1.29, 1.82) is 0 Å². The van der Waals surface area contributed by atoms with Crippen molar-refractivity contribution in [3.8, 4) is 0 Å². The van der Waals surface area contributed by atoms with Crippen molar-refractivity contribution < 1.29 is 12.8 Å². The van der Waals surface area contributed by atoms with Gasteiger partial charge < -0.3 is 5.73 Å². The monoisotopic (exact) mass is 350 g/mol. The molecule has 0 atom stereocenters. The van der Waals surface area contributed by atoms with Gasteiger partial charge in [0.1, 0.15) is 10.7 Å². The molecule has 0 unspecified atom stereocenters. The highest BCUT2D eigenvalue weighted by atomic mass is 79.9. The van der Waals surface area contributed by atoms with Crippen molar-refractivity contribution in [2.24, 2.45) is 5.73 Å². The van der Waals surface area contributed by atoms with E-state index < -0.39 is 21.4 Å². The van der Waals surface area contributed by atoms with Crippen LogP contribution >= 0.6 is 15.9 Å². The highest BCUT2D eigenvalue weighted by molar-refractivity contribution is 9.10. The molecule has 0 bridgehead atoms. The summed E-state index contributed by atoms with van der Waals surface area (Å²) in [6, 6.07) is 3.85. The Bertz CT molecular complexity index is 571. The van der Waals surface area contributed by atoms with E-state index in [9.17, 15) is 12.8 Å². The number of hydrogen-bond donors (Lipinski definition) is 2. The van der Waals surface area contributed by atoms with Crippen molar-refractivity contribution >= 4 is 26.0 Å². The summed E-state index contributed by atoms with van der Waals surface area (Å²) in [6.07, 6.45) is 3.25. The van der Waals surface area contributed by atoms with Crippen LogP contribution in [0.4, 0.5) is 4.39 Å². The Kier molecular flexibility index (Phi) is 4.29. The fraction of sp³-hybridized carbons (Fsp3) is 0.500. The molecule has 4 nitrogen and oxygen atoms in total. The van der Waals surface area contributed by atoms with Gasteiger partial charge in [0.25, 0.3) is 0 Å². The summed E-state index contributed by atoms with van der Waals surface area (Å²) in [7, 11) is -3.90. The van der Waals surface area contributed by atoms with E-state index in [0.717, 1.165) is 18.9 Å². The molecular formula is C12H16BrFN2O2S. The van der Waals surface area contributed by atoms with Crippen LogP contribution in [0.3, 0.4) is 0 Å². The van der Waals surface area contributed by atoms with Crippen molar-refractivity contribution in [2.45, 2.75) is 36.1 Å². The molecule has 0 radical (unpaired) electrons. The lowest BCUT2D eigenvalue weighted by Gasteiger charge is -2.28. The molecule has 1 aromatic carbocycles. The molecule has 1 saturated carbocycles. The molecule has 0 heterocycles. The number of nitrogens with one attached hydrogen (secondary N) is 1. The smallest absolute Gasteiger partial charge is 0.244 e. The first-order valence-electron chi connectivity index (χ1n) is 6.08. The van der Waals surface area contributed by atoms with E-state index in [1.165, 1.54) is 12.1 Å². The molecule has 106 valence electrons. The molecular weight excluding hydrogens is 335 g/mol. The lowest BCUT2D eigenvalue weighted by atomic mass is 10.0. The highest BCUT2D eigenvalue weighted by Gasteiger charge is 2.37. The van der Waals surface area contributed by atoms with Crippen LogP contribution in [0.2, 0.25) is 0 Å². The van der Waals surface area contributed by atoms with Gasteiger partial charge in [0.2, 0.25) is 10.0 Å². The van der Waals surface area contributed by atoms with Gasteiger partial charge in [-0.25, -0.2) is 17.5 Å². The summed E-state index contributed by atoms with van der Waals surface area (Å²) in [5.74, 6) is -0.763. The predicted octanol–water partition coefficient (Wildman–Crippen LogP) is 2.14. The van der Waals surface area contributed by atoms with Crippen LogP contribution < -0.4 is 10.5 Å². The molecule has 1 aliphatic carbocycles. The summed E-state index contributed by atoms with van der Waals surface area (Å²) in [4.78, 5) is -0.346. The number of sulfonamides is 1. The Balaban J connectivity index is 2.34. The lowest BCUT2D eigenvalue weighted by molar-refractivity contribution is 0.398. The Morgan fingerprint density at radius 3 is 2.58 bits per heavy atom. The van der Waals surface area contributed by atoms with Crippen LogP contribution in [0.25, 0.3) is 0 Å². The van der Waals surface area contributed by atoms with Gasteiger partial charge in [-0.2, -0.15) is 0 Å². The minimum Gasteiger partial charge on any atom is -0.329 e. The van der Waals surface area contributed by atoms with Crippen LogP contribution in [-0.4, -0.2) is 20.5 Å². The summed E-state index contributed by atoms with van der Waals surface area (Å²) in [5.41, 5.74) is 5.06. The molecule has 3 N–H and O–H groups in total. The van der Waals surface area contributed by atoms with Gasteiger partial charge >= 0.3 is 0 Å². The number of benzene rings is 1. The first-order chi connectivity index (χ1) is 8.88. The molecule has 1 aliphatic rings.